The van der Waals surface area contributed by atoms with Crippen molar-refractivity contribution in [3.63, 3.8) is 0 Å². The molecule has 1 radical (unpaired) electrons. The van der Waals surface area contributed by atoms with Crippen LogP contribution in [0.3, 0.4) is 0 Å². The van der Waals surface area contributed by atoms with Gasteiger partial charge in [-0.05, 0) is 13.8 Å². The molecule has 0 amide bonds. The number of rotatable bonds is 5. The van der Waals surface area contributed by atoms with Crippen LogP contribution in [-0.2, 0) is 51.8 Å². The normalized spacial score (nSPS) is 6.22. The van der Waals surface area contributed by atoms with Gasteiger partial charge < -0.3 is 16.4 Å². The van der Waals surface area contributed by atoms with E-state index in [9.17, 15) is 9.59 Å². The molecule has 0 aliphatic carbocycles. The minimum Gasteiger partial charge on any atom is -0.488 e. The van der Waals surface area contributed by atoms with Crippen LogP contribution in [0.15, 0.2) is 0 Å². The molecule has 0 rings (SSSR count). The van der Waals surface area contributed by atoms with Crippen LogP contribution in [0.4, 0.5) is 0 Å². The van der Waals surface area contributed by atoms with Gasteiger partial charge in [0, 0.05) is 32.7 Å². The smallest absolute Gasteiger partial charge is 0.278 e. The Balaban J connectivity index is -0.0000000569. The summed E-state index contributed by atoms with van der Waals surface area (Å²) in [5, 5.41) is 0. The van der Waals surface area contributed by atoms with E-state index >= 15 is 0 Å². The number of hydrogen-bond donors (Lipinski definition) is 0. The second-order valence-corrected chi connectivity index (χ2v) is 1.97. The summed E-state index contributed by atoms with van der Waals surface area (Å²) in [4.78, 5) is 21.4. The third kappa shape index (κ3) is 29.7. The van der Waals surface area contributed by atoms with Crippen molar-refractivity contribution in [1.82, 2.24) is 0 Å². The van der Waals surface area contributed by atoms with Gasteiger partial charge in [-0.25, -0.2) is 0 Å². The largest absolute Gasteiger partial charge is 0.488 e. The molecule has 0 atom stereocenters. The van der Waals surface area contributed by atoms with Crippen LogP contribution in [0.1, 0.15) is 49.5 Å². The van der Waals surface area contributed by atoms with Crippen LogP contribution in [0.2, 0.25) is 0 Å². The Bertz CT molecular complexity index is 143. The van der Waals surface area contributed by atoms with E-state index in [1.165, 1.54) is 6.42 Å². The Morgan fingerprint density at radius 1 is 1.00 bits per heavy atom. The Kier molecular flexibility index (Phi) is 60.5. The number of ether oxygens (including phenoxy) is 2. The standard InChI is InChI=1S/C8H13O4.C2H5.3CH4.Y/c1-3-11-7(9)5-6-8(10)12-4-2;1-2;;;;/h5H,3-4,6H2,1-2H3;1H2,2H3;3*1H4;/q2*-1;;;;. The van der Waals surface area contributed by atoms with E-state index in [-0.39, 0.29) is 61.4 Å². The van der Waals surface area contributed by atoms with Gasteiger partial charge in [-0.1, -0.05) is 28.7 Å². The monoisotopic (exact) mass is 339 g/mol. The molecule has 0 fully saturated rings. The molecular weight excluding hydrogens is 309 g/mol. The van der Waals surface area contributed by atoms with Crippen LogP contribution >= 0.6 is 0 Å². The van der Waals surface area contributed by atoms with Gasteiger partial charge in [-0.3, -0.25) is 16.0 Å². The Morgan fingerprint density at radius 3 is 1.72 bits per heavy atom. The van der Waals surface area contributed by atoms with Crippen LogP contribution in [-0.4, -0.2) is 25.2 Å². The first-order valence-corrected chi connectivity index (χ1v) is 4.57. The molecule has 0 aromatic rings. The van der Waals surface area contributed by atoms with Crippen molar-refractivity contribution in [3.8, 4) is 0 Å². The first-order valence-electron chi connectivity index (χ1n) is 4.57. The maximum Gasteiger partial charge on any atom is 0.278 e. The fraction of sp³-hybridized carbons (Fsp3) is 0.692. The molecule has 0 heterocycles. The zero-order valence-electron chi connectivity index (χ0n) is 9.62. The zero-order valence-corrected chi connectivity index (χ0v) is 12.5. The third-order valence-electron chi connectivity index (χ3n) is 1.03. The minimum atomic E-state index is -0.481. The summed E-state index contributed by atoms with van der Waals surface area (Å²) >= 11 is 0. The maximum absolute atomic E-state index is 10.7. The number of hydrogen-bond acceptors (Lipinski definition) is 4. The van der Waals surface area contributed by atoms with Crippen molar-refractivity contribution >= 4 is 11.9 Å². The molecule has 5 heteroatoms. The Labute approximate surface area is 139 Å². The van der Waals surface area contributed by atoms with Gasteiger partial charge in [0.2, 0.25) is 0 Å². The van der Waals surface area contributed by atoms with Crippen LogP contribution < -0.4 is 0 Å². The molecule has 0 aliphatic heterocycles. The van der Waals surface area contributed by atoms with Gasteiger partial charge in [-0.2, -0.15) is 6.92 Å². The summed E-state index contributed by atoms with van der Waals surface area (Å²) in [5.74, 6) is -0.892. The summed E-state index contributed by atoms with van der Waals surface area (Å²) in [7, 11) is 0. The van der Waals surface area contributed by atoms with Gasteiger partial charge in [0.1, 0.15) is 0 Å². The quantitative estimate of drug-likeness (QED) is 0.569. The first-order chi connectivity index (χ1) is 6.70. The van der Waals surface area contributed by atoms with E-state index in [4.69, 9.17) is 0 Å². The molecule has 0 bridgehead atoms. The maximum atomic E-state index is 10.7. The molecule has 0 saturated carbocycles. The molecule has 4 nitrogen and oxygen atoms in total. The van der Waals surface area contributed by atoms with Crippen molar-refractivity contribution < 1.29 is 51.8 Å². The SMILES string of the molecule is C.C.C.CCOC(=O)[CH-]CC(=O)OCC.[CH2-]C.[Y]. The van der Waals surface area contributed by atoms with E-state index in [2.05, 4.69) is 16.4 Å². The van der Waals surface area contributed by atoms with Gasteiger partial charge in [0.25, 0.3) is 5.97 Å². The summed E-state index contributed by atoms with van der Waals surface area (Å²) in [6, 6.07) is 0. The molecule has 0 aliphatic rings. The molecular formula is C13H30O4Y-2. The summed E-state index contributed by atoms with van der Waals surface area (Å²) in [6.45, 7) is 9.06. The number of carbonyl (C=O) groups is 2. The summed E-state index contributed by atoms with van der Waals surface area (Å²) in [6.07, 6.45) is 1.15. The van der Waals surface area contributed by atoms with Crippen molar-refractivity contribution in [3.05, 3.63) is 13.3 Å². The average Bonchev–Trinajstić information content (AvgIpc) is 2.19. The molecule has 0 saturated heterocycles. The average molecular weight is 339 g/mol. The Hall–Kier alpha value is -0.0861. The molecule has 0 unspecified atom stereocenters. The van der Waals surface area contributed by atoms with Gasteiger partial charge >= 0.3 is 0 Å². The first kappa shape index (κ1) is 36.1. The zero-order chi connectivity index (χ0) is 11.4. The van der Waals surface area contributed by atoms with Gasteiger partial charge in [-0.15, -0.1) is 0 Å². The topological polar surface area (TPSA) is 52.6 Å². The second-order valence-electron chi connectivity index (χ2n) is 1.97. The number of esters is 2. The van der Waals surface area contributed by atoms with Crippen LogP contribution in [0.25, 0.3) is 0 Å². The molecule has 18 heavy (non-hydrogen) atoms. The van der Waals surface area contributed by atoms with Crippen molar-refractivity contribution in [2.45, 2.75) is 49.5 Å². The molecule has 0 aromatic carbocycles. The fourth-order valence-corrected chi connectivity index (χ4v) is 0.588. The van der Waals surface area contributed by atoms with Gasteiger partial charge in [0.15, 0.2) is 5.97 Å². The second kappa shape index (κ2) is 30.2. The van der Waals surface area contributed by atoms with Crippen molar-refractivity contribution in [2.75, 3.05) is 13.2 Å². The van der Waals surface area contributed by atoms with Crippen LogP contribution in [0, 0.1) is 13.3 Å². The Morgan fingerprint density at radius 2 is 1.39 bits per heavy atom. The van der Waals surface area contributed by atoms with E-state index in [1.54, 1.807) is 20.8 Å². The fourth-order valence-electron chi connectivity index (χ4n) is 0.588. The van der Waals surface area contributed by atoms with Gasteiger partial charge in [0.05, 0.1) is 13.2 Å². The predicted molar refractivity (Wildman–Crippen MR) is 73.4 cm³/mol. The third-order valence-corrected chi connectivity index (χ3v) is 1.03. The predicted octanol–water partition coefficient (Wildman–Crippen LogP) is 3.45. The van der Waals surface area contributed by atoms with Crippen LogP contribution in [0.5, 0.6) is 0 Å². The molecule has 0 N–H and O–H groups in total. The van der Waals surface area contributed by atoms with Crippen molar-refractivity contribution in [2.24, 2.45) is 0 Å². The summed E-state index contributed by atoms with van der Waals surface area (Å²) in [5.41, 5.74) is 0. The van der Waals surface area contributed by atoms with E-state index < -0.39 is 11.9 Å². The minimum absolute atomic E-state index is 0. The number of carbonyl (C=O) groups excluding carboxylic acids is 2. The molecule has 0 spiro atoms. The van der Waals surface area contributed by atoms with Crippen molar-refractivity contribution in [1.29, 1.82) is 0 Å². The molecule has 0 aromatic heterocycles. The van der Waals surface area contributed by atoms with E-state index in [1.807, 2.05) is 0 Å². The summed E-state index contributed by atoms with van der Waals surface area (Å²) < 4.78 is 9.16. The van der Waals surface area contributed by atoms with E-state index in [0.717, 1.165) is 0 Å². The van der Waals surface area contributed by atoms with E-state index in [0.29, 0.717) is 13.2 Å². The molecule has 111 valence electrons.